The molecule has 4 nitrogen and oxygen atoms in total. The SMILES string of the molecule is COc1ccc(OCC(O)CCCN)cc1. The van der Waals surface area contributed by atoms with Crippen molar-refractivity contribution in [1.29, 1.82) is 0 Å². The van der Waals surface area contributed by atoms with Gasteiger partial charge in [0, 0.05) is 0 Å². The summed E-state index contributed by atoms with van der Waals surface area (Å²) in [5.41, 5.74) is 5.35. The first kappa shape index (κ1) is 12.8. The third-order valence-electron chi connectivity index (χ3n) is 2.24. The fourth-order valence-corrected chi connectivity index (χ4v) is 1.30. The Morgan fingerprint density at radius 1 is 1.25 bits per heavy atom. The summed E-state index contributed by atoms with van der Waals surface area (Å²) in [7, 11) is 1.62. The van der Waals surface area contributed by atoms with E-state index in [2.05, 4.69) is 0 Å². The van der Waals surface area contributed by atoms with E-state index in [1.165, 1.54) is 0 Å². The predicted octanol–water partition coefficient (Wildman–Crippen LogP) is 1.17. The lowest BCUT2D eigenvalue weighted by atomic mass is 10.2. The first-order valence-corrected chi connectivity index (χ1v) is 5.41. The van der Waals surface area contributed by atoms with Crippen LogP contribution in [0.1, 0.15) is 12.8 Å². The van der Waals surface area contributed by atoms with Crippen molar-refractivity contribution >= 4 is 0 Å². The van der Waals surface area contributed by atoms with Crippen molar-refractivity contribution in [3.63, 3.8) is 0 Å². The van der Waals surface area contributed by atoms with Crippen LogP contribution in [0.15, 0.2) is 24.3 Å². The molecule has 0 spiro atoms. The van der Waals surface area contributed by atoms with Crippen LogP contribution in [0.5, 0.6) is 11.5 Å². The Morgan fingerprint density at radius 3 is 2.44 bits per heavy atom. The van der Waals surface area contributed by atoms with Crippen molar-refractivity contribution in [2.24, 2.45) is 5.73 Å². The zero-order chi connectivity index (χ0) is 11.8. The molecule has 0 aliphatic carbocycles. The standard InChI is InChI=1S/C12H19NO3/c1-15-11-4-6-12(7-5-11)16-9-10(14)3-2-8-13/h4-7,10,14H,2-3,8-9,13H2,1H3. The van der Waals surface area contributed by atoms with Gasteiger partial charge in [0.15, 0.2) is 0 Å². The zero-order valence-corrected chi connectivity index (χ0v) is 9.56. The highest BCUT2D eigenvalue weighted by Gasteiger charge is 2.04. The fourth-order valence-electron chi connectivity index (χ4n) is 1.30. The summed E-state index contributed by atoms with van der Waals surface area (Å²) >= 11 is 0. The minimum absolute atomic E-state index is 0.298. The molecular weight excluding hydrogens is 206 g/mol. The molecule has 0 fully saturated rings. The Hall–Kier alpha value is -1.26. The van der Waals surface area contributed by atoms with E-state index in [1.54, 1.807) is 7.11 Å². The Bertz CT molecular complexity index is 287. The molecule has 3 N–H and O–H groups in total. The van der Waals surface area contributed by atoms with Gasteiger partial charge < -0.3 is 20.3 Å². The van der Waals surface area contributed by atoms with Crippen molar-refractivity contribution in [3.05, 3.63) is 24.3 Å². The number of benzene rings is 1. The molecule has 0 saturated heterocycles. The minimum atomic E-state index is -0.453. The molecule has 0 saturated carbocycles. The lowest BCUT2D eigenvalue weighted by molar-refractivity contribution is 0.0987. The summed E-state index contributed by atoms with van der Waals surface area (Å²) in [5.74, 6) is 1.52. The Kier molecular flexibility index (Phi) is 5.67. The maximum atomic E-state index is 9.54. The summed E-state index contributed by atoms with van der Waals surface area (Å²) in [5, 5.41) is 9.54. The molecular formula is C12H19NO3. The molecule has 0 aromatic heterocycles. The van der Waals surface area contributed by atoms with E-state index < -0.39 is 6.10 Å². The van der Waals surface area contributed by atoms with Gasteiger partial charge in [0.1, 0.15) is 18.1 Å². The van der Waals surface area contributed by atoms with Crippen molar-refractivity contribution in [1.82, 2.24) is 0 Å². The molecule has 4 heteroatoms. The van der Waals surface area contributed by atoms with Crippen LogP contribution in [-0.2, 0) is 0 Å². The average molecular weight is 225 g/mol. The summed E-state index contributed by atoms with van der Waals surface area (Å²) in [4.78, 5) is 0. The van der Waals surface area contributed by atoms with Crippen molar-refractivity contribution in [2.75, 3.05) is 20.3 Å². The average Bonchev–Trinajstić information content (AvgIpc) is 2.34. The highest BCUT2D eigenvalue weighted by Crippen LogP contribution is 2.17. The largest absolute Gasteiger partial charge is 0.497 e. The van der Waals surface area contributed by atoms with Gasteiger partial charge in [-0.1, -0.05) is 0 Å². The number of aliphatic hydroxyl groups excluding tert-OH is 1. The maximum Gasteiger partial charge on any atom is 0.119 e. The number of nitrogens with two attached hydrogens (primary N) is 1. The topological polar surface area (TPSA) is 64.7 Å². The molecule has 90 valence electrons. The van der Waals surface area contributed by atoms with Gasteiger partial charge in [-0.15, -0.1) is 0 Å². The van der Waals surface area contributed by atoms with E-state index in [0.717, 1.165) is 17.9 Å². The van der Waals surface area contributed by atoms with Crippen molar-refractivity contribution in [3.8, 4) is 11.5 Å². The smallest absolute Gasteiger partial charge is 0.119 e. The van der Waals surface area contributed by atoms with Crippen LogP contribution >= 0.6 is 0 Å². The van der Waals surface area contributed by atoms with Crippen LogP contribution in [0.2, 0.25) is 0 Å². The van der Waals surface area contributed by atoms with Crippen LogP contribution in [0, 0.1) is 0 Å². The highest BCUT2D eigenvalue weighted by atomic mass is 16.5. The molecule has 16 heavy (non-hydrogen) atoms. The molecule has 0 amide bonds. The van der Waals surface area contributed by atoms with Gasteiger partial charge in [-0.2, -0.15) is 0 Å². The molecule has 1 unspecified atom stereocenters. The zero-order valence-electron chi connectivity index (χ0n) is 9.56. The minimum Gasteiger partial charge on any atom is -0.497 e. The summed E-state index contributed by atoms with van der Waals surface area (Å²) in [6.07, 6.45) is 1.03. The Morgan fingerprint density at radius 2 is 1.88 bits per heavy atom. The maximum absolute atomic E-state index is 9.54. The number of hydrogen-bond acceptors (Lipinski definition) is 4. The van der Waals surface area contributed by atoms with Crippen LogP contribution in [0.25, 0.3) is 0 Å². The number of ether oxygens (including phenoxy) is 2. The van der Waals surface area contributed by atoms with Gasteiger partial charge in [-0.05, 0) is 43.7 Å². The van der Waals surface area contributed by atoms with Crippen LogP contribution in [-0.4, -0.2) is 31.5 Å². The van der Waals surface area contributed by atoms with E-state index in [0.29, 0.717) is 19.6 Å². The number of rotatable bonds is 7. The van der Waals surface area contributed by atoms with Gasteiger partial charge in [-0.25, -0.2) is 0 Å². The molecule has 0 bridgehead atoms. The van der Waals surface area contributed by atoms with Gasteiger partial charge in [0.25, 0.3) is 0 Å². The molecule has 0 radical (unpaired) electrons. The summed E-state index contributed by atoms with van der Waals surface area (Å²) in [6, 6.07) is 7.27. The summed E-state index contributed by atoms with van der Waals surface area (Å²) < 4.78 is 10.4. The second kappa shape index (κ2) is 7.09. The van der Waals surface area contributed by atoms with Gasteiger partial charge in [0.2, 0.25) is 0 Å². The van der Waals surface area contributed by atoms with Gasteiger partial charge in [-0.3, -0.25) is 0 Å². The molecule has 0 aliphatic rings. The van der Waals surface area contributed by atoms with E-state index in [9.17, 15) is 5.11 Å². The first-order chi connectivity index (χ1) is 7.76. The van der Waals surface area contributed by atoms with Crippen molar-refractivity contribution < 1.29 is 14.6 Å². The molecule has 1 aromatic carbocycles. The molecule has 0 heterocycles. The lowest BCUT2D eigenvalue weighted by Gasteiger charge is -2.11. The van der Waals surface area contributed by atoms with E-state index in [4.69, 9.17) is 15.2 Å². The Labute approximate surface area is 96.0 Å². The van der Waals surface area contributed by atoms with Crippen molar-refractivity contribution in [2.45, 2.75) is 18.9 Å². The van der Waals surface area contributed by atoms with Gasteiger partial charge in [0.05, 0.1) is 13.2 Å². The second-order valence-electron chi connectivity index (χ2n) is 3.57. The Balaban J connectivity index is 2.30. The number of hydrogen-bond donors (Lipinski definition) is 2. The monoisotopic (exact) mass is 225 g/mol. The molecule has 1 atom stereocenters. The summed E-state index contributed by atoms with van der Waals surface area (Å²) in [6.45, 7) is 0.895. The second-order valence-corrected chi connectivity index (χ2v) is 3.57. The van der Waals surface area contributed by atoms with Gasteiger partial charge >= 0.3 is 0 Å². The highest BCUT2D eigenvalue weighted by molar-refractivity contribution is 5.31. The lowest BCUT2D eigenvalue weighted by Crippen LogP contribution is -2.18. The van der Waals surface area contributed by atoms with Crippen LogP contribution in [0.3, 0.4) is 0 Å². The van der Waals surface area contributed by atoms with Crippen LogP contribution in [0.4, 0.5) is 0 Å². The van der Waals surface area contributed by atoms with E-state index in [-0.39, 0.29) is 0 Å². The molecule has 0 aliphatic heterocycles. The quantitative estimate of drug-likeness (QED) is 0.731. The third-order valence-corrected chi connectivity index (χ3v) is 2.24. The number of aliphatic hydroxyl groups is 1. The van der Waals surface area contributed by atoms with E-state index >= 15 is 0 Å². The van der Waals surface area contributed by atoms with Crippen LogP contribution < -0.4 is 15.2 Å². The first-order valence-electron chi connectivity index (χ1n) is 5.41. The predicted molar refractivity (Wildman–Crippen MR) is 62.8 cm³/mol. The molecule has 1 aromatic rings. The van der Waals surface area contributed by atoms with E-state index in [1.807, 2.05) is 24.3 Å². The third kappa shape index (κ3) is 4.51. The fraction of sp³-hybridized carbons (Fsp3) is 0.500. The normalized spacial score (nSPS) is 12.2. The molecule has 1 rings (SSSR count). The number of methoxy groups -OCH3 is 1.